The number of nitrogens with one attached hydrogen (secondary N) is 1. The first-order valence-corrected chi connectivity index (χ1v) is 7.71. The van der Waals surface area contributed by atoms with E-state index in [0.29, 0.717) is 5.56 Å². The van der Waals surface area contributed by atoms with Crippen molar-refractivity contribution >= 4 is 23.2 Å². The monoisotopic (exact) mass is 314 g/mol. The van der Waals surface area contributed by atoms with E-state index in [9.17, 15) is 4.79 Å². The van der Waals surface area contributed by atoms with Crippen LogP contribution in [0.2, 0.25) is 5.02 Å². The van der Waals surface area contributed by atoms with Crippen molar-refractivity contribution < 1.29 is 4.79 Å². The lowest BCUT2D eigenvalue weighted by molar-refractivity contribution is 0.1000. The minimum Gasteiger partial charge on any atom is -0.378 e. The maximum atomic E-state index is 11.4. The van der Waals surface area contributed by atoms with Gasteiger partial charge in [0.15, 0.2) is 0 Å². The van der Waals surface area contributed by atoms with Crippen LogP contribution >= 0.6 is 11.6 Å². The maximum absolute atomic E-state index is 11.4. The third kappa shape index (κ3) is 2.69. The zero-order chi connectivity index (χ0) is 15.9. The summed E-state index contributed by atoms with van der Waals surface area (Å²) in [5.41, 5.74) is 9.32. The molecular weight excluding hydrogens is 296 g/mol. The molecule has 2 aromatic rings. The van der Waals surface area contributed by atoms with Gasteiger partial charge in [0, 0.05) is 16.3 Å². The van der Waals surface area contributed by atoms with Gasteiger partial charge in [-0.2, -0.15) is 0 Å². The number of hydrogen-bond donors (Lipinski definition) is 2. The highest BCUT2D eigenvalue weighted by Crippen LogP contribution is 2.44. The van der Waals surface area contributed by atoms with Crippen molar-refractivity contribution in [3.8, 4) is 0 Å². The number of carbonyl (C=O) groups excluding carboxylic acids is 1. The summed E-state index contributed by atoms with van der Waals surface area (Å²) < 4.78 is 0. The molecular formula is C18H19ClN2O. The molecule has 1 heterocycles. The molecule has 0 aliphatic carbocycles. The van der Waals surface area contributed by atoms with Gasteiger partial charge in [-0.05, 0) is 53.3 Å². The summed E-state index contributed by atoms with van der Waals surface area (Å²) in [4.78, 5) is 11.4. The van der Waals surface area contributed by atoms with Gasteiger partial charge in [-0.3, -0.25) is 4.79 Å². The number of benzene rings is 2. The van der Waals surface area contributed by atoms with Gasteiger partial charge < -0.3 is 11.1 Å². The Labute approximate surface area is 135 Å². The van der Waals surface area contributed by atoms with Gasteiger partial charge in [-0.1, -0.05) is 37.6 Å². The molecule has 1 amide bonds. The first-order chi connectivity index (χ1) is 10.4. The summed E-state index contributed by atoms with van der Waals surface area (Å²) in [6.45, 7) is 4.43. The molecule has 22 heavy (non-hydrogen) atoms. The third-order valence-electron chi connectivity index (χ3n) is 4.33. The molecule has 1 unspecified atom stereocenters. The summed E-state index contributed by atoms with van der Waals surface area (Å²) in [5, 5.41) is 4.30. The summed E-state index contributed by atoms with van der Waals surface area (Å²) in [5.74, 6) is -0.399. The second-order valence-electron chi connectivity index (χ2n) is 6.46. The van der Waals surface area contributed by atoms with Crippen LogP contribution in [0.4, 0.5) is 5.69 Å². The Morgan fingerprint density at radius 1 is 1.27 bits per heavy atom. The molecule has 0 spiro atoms. The first kappa shape index (κ1) is 14.9. The predicted octanol–water partition coefficient (Wildman–Crippen LogP) is 4.27. The number of primary amides is 1. The van der Waals surface area contributed by atoms with E-state index in [-0.39, 0.29) is 11.5 Å². The van der Waals surface area contributed by atoms with Gasteiger partial charge in [0.25, 0.3) is 0 Å². The number of amides is 1. The molecule has 0 saturated carbocycles. The highest BCUT2D eigenvalue weighted by molar-refractivity contribution is 6.30. The van der Waals surface area contributed by atoms with E-state index >= 15 is 0 Å². The topological polar surface area (TPSA) is 55.1 Å². The predicted molar refractivity (Wildman–Crippen MR) is 90.4 cm³/mol. The lowest BCUT2D eigenvalue weighted by atomic mass is 9.74. The summed E-state index contributed by atoms with van der Waals surface area (Å²) in [6.07, 6.45) is 0.919. The fourth-order valence-electron chi connectivity index (χ4n) is 3.17. The van der Waals surface area contributed by atoms with Crippen LogP contribution in [-0.2, 0) is 5.41 Å². The van der Waals surface area contributed by atoms with Gasteiger partial charge >= 0.3 is 0 Å². The SMILES string of the molecule is CC1(C)CC(c2cccc(C(N)=O)c2)Nc2ccc(Cl)cc21. The average molecular weight is 315 g/mol. The van der Waals surface area contributed by atoms with Gasteiger partial charge in [0.2, 0.25) is 5.91 Å². The Hall–Kier alpha value is -2.00. The van der Waals surface area contributed by atoms with Crippen molar-refractivity contribution in [3.63, 3.8) is 0 Å². The number of rotatable bonds is 2. The minimum absolute atomic E-state index is 0.00111. The normalized spacial score (nSPS) is 19.1. The summed E-state index contributed by atoms with van der Waals surface area (Å²) in [7, 11) is 0. The molecule has 3 nitrogen and oxygen atoms in total. The highest BCUT2D eigenvalue weighted by atomic mass is 35.5. The van der Waals surface area contributed by atoms with Crippen LogP contribution in [0.3, 0.4) is 0 Å². The van der Waals surface area contributed by atoms with E-state index in [1.54, 1.807) is 6.07 Å². The molecule has 0 bridgehead atoms. The number of hydrogen-bond acceptors (Lipinski definition) is 2. The fraction of sp³-hybridized carbons (Fsp3) is 0.278. The largest absolute Gasteiger partial charge is 0.378 e. The Bertz CT molecular complexity index is 740. The zero-order valence-electron chi connectivity index (χ0n) is 12.7. The fourth-order valence-corrected chi connectivity index (χ4v) is 3.34. The van der Waals surface area contributed by atoms with Crippen molar-refractivity contribution in [1.82, 2.24) is 0 Å². The lowest BCUT2D eigenvalue weighted by Crippen LogP contribution is -2.31. The van der Waals surface area contributed by atoms with E-state index in [4.69, 9.17) is 17.3 Å². The number of anilines is 1. The van der Waals surface area contributed by atoms with E-state index in [2.05, 4.69) is 19.2 Å². The van der Waals surface area contributed by atoms with Crippen molar-refractivity contribution in [3.05, 3.63) is 64.2 Å². The van der Waals surface area contributed by atoms with E-state index in [0.717, 1.165) is 22.7 Å². The standard InChI is InChI=1S/C18H19ClN2O/c1-18(2)10-16(11-4-3-5-12(8-11)17(20)22)21-15-7-6-13(19)9-14(15)18/h3-9,16,21H,10H2,1-2H3,(H2,20,22). The number of fused-ring (bicyclic) bond motifs is 1. The minimum atomic E-state index is -0.399. The molecule has 0 saturated heterocycles. The Morgan fingerprint density at radius 2 is 2.05 bits per heavy atom. The third-order valence-corrected chi connectivity index (χ3v) is 4.56. The van der Waals surface area contributed by atoms with E-state index < -0.39 is 5.91 Å². The van der Waals surface area contributed by atoms with Crippen LogP contribution in [0.15, 0.2) is 42.5 Å². The average Bonchev–Trinajstić information content (AvgIpc) is 2.47. The number of halogens is 1. The maximum Gasteiger partial charge on any atom is 0.248 e. The summed E-state index contributed by atoms with van der Waals surface area (Å²) >= 11 is 6.13. The quantitative estimate of drug-likeness (QED) is 0.869. The molecule has 0 fully saturated rings. The van der Waals surface area contributed by atoms with Gasteiger partial charge in [-0.15, -0.1) is 0 Å². The Balaban J connectivity index is 2.00. The second kappa shape index (κ2) is 5.33. The highest BCUT2D eigenvalue weighted by Gasteiger charge is 2.33. The van der Waals surface area contributed by atoms with Gasteiger partial charge in [0.05, 0.1) is 6.04 Å². The molecule has 4 heteroatoms. The smallest absolute Gasteiger partial charge is 0.248 e. The molecule has 3 N–H and O–H groups in total. The molecule has 0 aromatic heterocycles. The lowest BCUT2D eigenvalue weighted by Gasteiger charge is -2.39. The molecule has 2 aromatic carbocycles. The van der Waals surface area contributed by atoms with Crippen LogP contribution in [0.25, 0.3) is 0 Å². The van der Waals surface area contributed by atoms with E-state index in [1.165, 1.54) is 5.56 Å². The molecule has 0 radical (unpaired) electrons. The molecule has 1 atom stereocenters. The number of carbonyl (C=O) groups is 1. The van der Waals surface area contributed by atoms with E-state index in [1.807, 2.05) is 36.4 Å². The molecule has 114 valence electrons. The molecule has 1 aliphatic rings. The first-order valence-electron chi connectivity index (χ1n) is 7.33. The van der Waals surface area contributed by atoms with Crippen LogP contribution in [-0.4, -0.2) is 5.91 Å². The van der Waals surface area contributed by atoms with Crippen molar-refractivity contribution in [1.29, 1.82) is 0 Å². The van der Waals surface area contributed by atoms with Crippen LogP contribution in [0, 0.1) is 0 Å². The van der Waals surface area contributed by atoms with Gasteiger partial charge in [0.1, 0.15) is 0 Å². The van der Waals surface area contributed by atoms with Crippen LogP contribution in [0.1, 0.15) is 47.8 Å². The Kier molecular flexibility index (Phi) is 3.61. The zero-order valence-corrected chi connectivity index (χ0v) is 13.4. The Morgan fingerprint density at radius 3 is 2.77 bits per heavy atom. The molecule has 3 rings (SSSR count). The van der Waals surface area contributed by atoms with Crippen molar-refractivity contribution in [2.75, 3.05) is 5.32 Å². The van der Waals surface area contributed by atoms with Crippen LogP contribution in [0.5, 0.6) is 0 Å². The van der Waals surface area contributed by atoms with Crippen molar-refractivity contribution in [2.45, 2.75) is 31.7 Å². The van der Waals surface area contributed by atoms with Crippen LogP contribution < -0.4 is 11.1 Å². The second-order valence-corrected chi connectivity index (χ2v) is 6.90. The van der Waals surface area contributed by atoms with Gasteiger partial charge in [-0.25, -0.2) is 0 Å². The summed E-state index contributed by atoms with van der Waals surface area (Å²) in [6, 6.07) is 13.6. The van der Waals surface area contributed by atoms with Crippen molar-refractivity contribution in [2.24, 2.45) is 5.73 Å². The number of nitrogens with two attached hydrogens (primary N) is 1. The molecule has 1 aliphatic heterocycles.